The molecule has 3 nitrogen and oxygen atoms in total. The van der Waals surface area contributed by atoms with E-state index in [4.69, 9.17) is 9.47 Å². The van der Waals surface area contributed by atoms with Crippen molar-refractivity contribution in [1.29, 1.82) is 0 Å². The van der Waals surface area contributed by atoms with E-state index in [1.54, 1.807) is 0 Å². The third kappa shape index (κ3) is 2.98. The molecule has 0 aliphatic heterocycles. The monoisotopic (exact) mass is 262 g/mol. The lowest BCUT2D eigenvalue weighted by atomic mass is 9.89. The van der Waals surface area contributed by atoms with Gasteiger partial charge < -0.3 is 9.47 Å². The lowest BCUT2D eigenvalue weighted by molar-refractivity contribution is -0.154. The second-order valence-corrected chi connectivity index (χ2v) is 5.35. The highest BCUT2D eigenvalue weighted by molar-refractivity contribution is 5.90. The molecule has 1 aliphatic rings. The van der Waals surface area contributed by atoms with Gasteiger partial charge in [0.1, 0.15) is 11.9 Å². The van der Waals surface area contributed by atoms with Crippen molar-refractivity contribution in [2.75, 3.05) is 6.61 Å². The fourth-order valence-corrected chi connectivity index (χ4v) is 2.52. The molecule has 0 heterocycles. The third-order valence-electron chi connectivity index (χ3n) is 3.43. The maximum atomic E-state index is 11.6. The van der Waals surface area contributed by atoms with E-state index in [-0.39, 0.29) is 18.0 Å². The number of rotatable bonds is 5. The van der Waals surface area contributed by atoms with Crippen molar-refractivity contribution in [2.45, 2.75) is 52.7 Å². The van der Waals surface area contributed by atoms with E-state index in [1.165, 1.54) is 5.56 Å². The SMILES string of the molecule is CCCOC1C(=O)CC1Oc1c(C)cc(C)cc1C. The molecule has 0 amide bonds. The van der Waals surface area contributed by atoms with Crippen molar-refractivity contribution >= 4 is 5.78 Å². The van der Waals surface area contributed by atoms with Crippen LogP contribution < -0.4 is 4.74 Å². The summed E-state index contributed by atoms with van der Waals surface area (Å²) in [6.45, 7) is 8.80. The summed E-state index contributed by atoms with van der Waals surface area (Å²) in [6.07, 6.45) is 0.874. The molecule has 1 fully saturated rings. The highest BCUT2D eigenvalue weighted by Crippen LogP contribution is 2.31. The first-order chi connectivity index (χ1) is 9.02. The van der Waals surface area contributed by atoms with E-state index in [0.717, 1.165) is 23.3 Å². The first kappa shape index (κ1) is 14.1. The molecule has 0 N–H and O–H groups in total. The predicted molar refractivity (Wildman–Crippen MR) is 74.7 cm³/mol. The molecule has 0 radical (unpaired) electrons. The van der Waals surface area contributed by atoms with Gasteiger partial charge in [-0.1, -0.05) is 24.6 Å². The quantitative estimate of drug-likeness (QED) is 0.818. The third-order valence-corrected chi connectivity index (χ3v) is 3.43. The normalized spacial score (nSPS) is 22.2. The Bertz CT molecular complexity index is 456. The molecule has 1 aromatic rings. The molecular weight excluding hydrogens is 240 g/mol. The molecule has 2 atom stereocenters. The van der Waals surface area contributed by atoms with Crippen molar-refractivity contribution in [1.82, 2.24) is 0 Å². The van der Waals surface area contributed by atoms with E-state index in [1.807, 2.05) is 20.8 Å². The zero-order chi connectivity index (χ0) is 14.0. The second kappa shape index (κ2) is 5.74. The molecule has 0 bridgehead atoms. The van der Waals surface area contributed by atoms with E-state index < -0.39 is 0 Å². The number of hydrogen-bond acceptors (Lipinski definition) is 3. The van der Waals surface area contributed by atoms with Gasteiger partial charge in [0.15, 0.2) is 11.9 Å². The molecule has 1 aliphatic carbocycles. The number of ketones is 1. The fraction of sp³-hybridized carbons (Fsp3) is 0.562. The van der Waals surface area contributed by atoms with Crippen LogP contribution in [0.5, 0.6) is 5.75 Å². The second-order valence-electron chi connectivity index (χ2n) is 5.35. The van der Waals surface area contributed by atoms with Crippen LogP contribution in [-0.4, -0.2) is 24.6 Å². The first-order valence-electron chi connectivity index (χ1n) is 6.91. The summed E-state index contributed by atoms with van der Waals surface area (Å²) in [7, 11) is 0. The molecule has 0 saturated heterocycles. The maximum absolute atomic E-state index is 11.6. The van der Waals surface area contributed by atoms with Crippen LogP contribution in [0.15, 0.2) is 12.1 Å². The van der Waals surface area contributed by atoms with Crippen LogP contribution in [0.25, 0.3) is 0 Å². The topological polar surface area (TPSA) is 35.5 Å². The Labute approximate surface area is 114 Å². The lowest BCUT2D eigenvalue weighted by Gasteiger charge is -2.35. The summed E-state index contributed by atoms with van der Waals surface area (Å²) in [5.41, 5.74) is 3.46. The van der Waals surface area contributed by atoms with Gasteiger partial charge in [-0.3, -0.25) is 4.79 Å². The molecule has 104 valence electrons. The largest absolute Gasteiger partial charge is 0.486 e. The zero-order valence-corrected chi connectivity index (χ0v) is 12.2. The fourth-order valence-electron chi connectivity index (χ4n) is 2.52. The van der Waals surface area contributed by atoms with Crippen molar-refractivity contribution in [3.05, 3.63) is 28.8 Å². The smallest absolute Gasteiger partial charge is 0.169 e. The first-order valence-corrected chi connectivity index (χ1v) is 6.91. The van der Waals surface area contributed by atoms with Crippen LogP contribution in [0.3, 0.4) is 0 Å². The minimum absolute atomic E-state index is 0.126. The van der Waals surface area contributed by atoms with Crippen LogP contribution in [0.4, 0.5) is 0 Å². The van der Waals surface area contributed by atoms with Gasteiger partial charge in [-0.25, -0.2) is 0 Å². The van der Waals surface area contributed by atoms with Gasteiger partial charge in [0.05, 0.1) is 0 Å². The van der Waals surface area contributed by atoms with Gasteiger partial charge in [-0.05, 0) is 38.3 Å². The minimum Gasteiger partial charge on any atom is -0.486 e. The number of benzene rings is 1. The van der Waals surface area contributed by atoms with Gasteiger partial charge in [-0.2, -0.15) is 0 Å². The van der Waals surface area contributed by atoms with E-state index in [2.05, 4.69) is 19.1 Å². The number of aryl methyl sites for hydroxylation is 3. The Morgan fingerprint density at radius 3 is 2.37 bits per heavy atom. The summed E-state index contributed by atoms with van der Waals surface area (Å²) in [5, 5.41) is 0. The molecule has 19 heavy (non-hydrogen) atoms. The average Bonchev–Trinajstić information content (AvgIpc) is 2.32. The van der Waals surface area contributed by atoms with E-state index in [0.29, 0.717) is 13.0 Å². The van der Waals surface area contributed by atoms with Gasteiger partial charge in [-0.15, -0.1) is 0 Å². The van der Waals surface area contributed by atoms with Gasteiger partial charge in [0, 0.05) is 13.0 Å². The summed E-state index contributed by atoms with van der Waals surface area (Å²) in [4.78, 5) is 11.6. The lowest BCUT2D eigenvalue weighted by Crippen LogP contribution is -2.52. The molecule has 0 spiro atoms. The molecule has 1 saturated carbocycles. The van der Waals surface area contributed by atoms with Gasteiger partial charge in [0.25, 0.3) is 0 Å². The standard InChI is InChI=1S/C16H22O3/c1-5-6-18-16-13(17)9-14(16)19-15-11(3)7-10(2)8-12(15)4/h7-8,14,16H,5-6,9H2,1-4H3. The van der Waals surface area contributed by atoms with Crippen molar-refractivity contribution < 1.29 is 14.3 Å². The zero-order valence-electron chi connectivity index (χ0n) is 12.2. The van der Waals surface area contributed by atoms with Crippen molar-refractivity contribution in [3.63, 3.8) is 0 Å². The minimum atomic E-state index is -0.375. The molecule has 1 aromatic carbocycles. The Kier molecular flexibility index (Phi) is 4.25. The van der Waals surface area contributed by atoms with Crippen molar-refractivity contribution in [3.8, 4) is 5.75 Å². The van der Waals surface area contributed by atoms with Crippen molar-refractivity contribution in [2.24, 2.45) is 0 Å². The van der Waals surface area contributed by atoms with Gasteiger partial charge >= 0.3 is 0 Å². The number of carbonyl (C=O) groups is 1. The van der Waals surface area contributed by atoms with Gasteiger partial charge in [0.2, 0.25) is 0 Å². The van der Waals surface area contributed by atoms with Crippen LogP contribution >= 0.6 is 0 Å². The van der Waals surface area contributed by atoms with Crippen LogP contribution in [0, 0.1) is 20.8 Å². The molecule has 0 aromatic heterocycles. The Morgan fingerprint density at radius 2 is 1.84 bits per heavy atom. The Balaban J connectivity index is 2.07. The summed E-state index contributed by atoms with van der Waals surface area (Å²) in [6, 6.07) is 4.20. The summed E-state index contributed by atoms with van der Waals surface area (Å²) < 4.78 is 11.6. The highest BCUT2D eigenvalue weighted by Gasteiger charge is 2.42. The highest BCUT2D eigenvalue weighted by atomic mass is 16.5. The van der Waals surface area contributed by atoms with E-state index in [9.17, 15) is 4.79 Å². The predicted octanol–water partition coefficient (Wildman–Crippen LogP) is 3.13. The van der Waals surface area contributed by atoms with Crippen LogP contribution in [-0.2, 0) is 9.53 Å². The number of carbonyl (C=O) groups excluding carboxylic acids is 1. The number of Topliss-reactive ketones (excluding diaryl/α,β-unsaturated/α-hetero) is 1. The number of ether oxygens (including phenoxy) is 2. The summed E-state index contributed by atoms with van der Waals surface area (Å²) >= 11 is 0. The van der Waals surface area contributed by atoms with E-state index >= 15 is 0 Å². The Hall–Kier alpha value is -1.35. The average molecular weight is 262 g/mol. The summed E-state index contributed by atoms with van der Waals surface area (Å²) in [5.74, 6) is 1.05. The van der Waals surface area contributed by atoms with Crippen LogP contribution in [0.2, 0.25) is 0 Å². The molecule has 2 rings (SSSR count). The Morgan fingerprint density at radius 1 is 1.21 bits per heavy atom. The number of hydrogen-bond donors (Lipinski definition) is 0. The molecule has 2 unspecified atom stereocenters. The van der Waals surface area contributed by atoms with Crippen LogP contribution in [0.1, 0.15) is 36.5 Å². The molecule has 3 heteroatoms. The molecular formula is C16H22O3. The maximum Gasteiger partial charge on any atom is 0.169 e.